The van der Waals surface area contributed by atoms with Crippen LogP contribution >= 0.6 is 27.3 Å². The monoisotopic (exact) mass is 284 g/mol. The second-order valence-electron chi connectivity index (χ2n) is 2.43. The lowest BCUT2D eigenvalue weighted by Crippen LogP contribution is -2.23. The third kappa shape index (κ3) is 3.72. The lowest BCUT2D eigenvalue weighted by Gasteiger charge is -1.99. The highest BCUT2D eigenvalue weighted by Crippen LogP contribution is 2.08. The summed E-state index contributed by atoms with van der Waals surface area (Å²) >= 11 is 4.33. The van der Waals surface area contributed by atoms with Crippen LogP contribution in [0, 0.1) is 6.92 Å². The summed E-state index contributed by atoms with van der Waals surface area (Å²) in [5.74, 6) is 0. The van der Waals surface area contributed by atoms with Crippen molar-refractivity contribution in [2.24, 2.45) is 0 Å². The molecular weight excluding hydrogens is 276 g/mol. The highest BCUT2D eigenvalue weighted by atomic mass is 79.9. The summed E-state index contributed by atoms with van der Waals surface area (Å²) in [5, 5.41) is 2.67. The van der Waals surface area contributed by atoms with Crippen molar-refractivity contribution in [1.82, 2.24) is 9.71 Å². The van der Waals surface area contributed by atoms with Crippen molar-refractivity contribution in [2.75, 3.05) is 4.66 Å². The number of nitrogens with zero attached hydrogens (tertiary/aromatic N) is 1. The van der Waals surface area contributed by atoms with E-state index >= 15 is 0 Å². The number of sulfonamides is 1. The Kier molecular flexibility index (Phi) is 3.84. The Hall–Kier alpha value is 0.0200. The SMILES string of the molecule is Cc1csc(CNS(=O)(=O)CBr)n1. The van der Waals surface area contributed by atoms with Crippen LogP contribution in [-0.2, 0) is 16.6 Å². The van der Waals surface area contributed by atoms with E-state index in [9.17, 15) is 8.42 Å². The molecule has 1 N–H and O–H groups in total. The molecule has 0 amide bonds. The normalized spacial score (nSPS) is 11.8. The highest BCUT2D eigenvalue weighted by Gasteiger charge is 2.07. The molecule has 0 radical (unpaired) electrons. The van der Waals surface area contributed by atoms with E-state index < -0.39 is 10.0 Å². The van der Waals surface area contributed by atoms with Crippen LogP contribution in [0.3, 0.4) is 0 Å². The molecule has 74 valence electrons. The van der Waals surface area contributed by atoms with Gasteiger partial charge in [0.1, 0.15) is 9.67 Å². The predicted octanol–water partition coefficient (Wildman–Crippen LogP) is 1.22. The van der Waals surface area contributed by atoms with Crippen molar-refractivity contribution < 1.29 is 8.42 Å². The Labute approximate surface area is 89.6 Å². The van der Waals surface area contributed by atoms with Gasteiger partial charge in [0.05, 0.1) is 6.54 Å². The summed E-state index contributed by atoms with van der Waals surface area (Å²) in [6.07, 6.45) is 0. The summed E-state index contributed by atoms with van der Waals surface area (Å²) < 4.78 is 24.3. The Bertz CT molecular complexity index is 374. The van der Waals surface area contributed by atoms with Crippen LogP contribution in [-0.4, -0.2) is 18.1 Å². The number of hydrogen-bond donors (Lipinski definition) is 1. The highest BCUT2D eigenvalue weighted by molar-refractivity contribution is 9.10. The molecule has 0 bridgehead atoms. The zero-order valence-corrected chi connectivity index (χ0v) is 10.2. The van der Waals surface area contributed by atoms with E-state index in [1.807, 2.05) is 12.3 Å². The van der Waals surface area contributed by atoms with Crippen LogP contribution in [0.15, 0.2) is 5.38 Å². The minimum absolute atomic E-state index is 0.0790. The number of halogens is 1. The van der Waals surface area contributed by atoms with Crippen LogP contribution in [0.2, 0.25) is 0 Å². The molecule has 0 aliphatic heterocycles. The van der Waals surface area contributed by atoms with Gasteiger partial charge in [0, 0.05) is 11.1 Å². The zero-order valence-electron chi connectivity index (χ0n) is 6.95. The van der Waals surface area contributed by atoms with E-state index in [-0.39, 0.29) is 11.2 Å². The molecule has 0 aromatic carbocycles. The smallest absolute Gasteiger partial charge is 0.222 e. The lowest BCUT2D eigenvalue weighted by molar-refractivity contribution is 0.586. The van der Waals surface area contributed by atoms with Gasteiger partial charge in [0.25, 0.3) is 0 Å². The van der Waals surface area contributed by atoms with Gasteiger partial charge in [-0.2, -0.15) is 0 Å². The first-order valence-corrected chi connectivity index (χ1v) is 7.13. The van der Waals surface area contributed by atoms with Crippen molar-refractivity contribution in [2.45, 2.75) is 13.5 Å². The fraction of sp³-hybridized carbons (Fsp3) is 0.500. The van der Waals surface area contributed by atoms with E-state index in [4.69, 9.17) is 0 Å². The van der Waals surface area contributed by atoms with Crippen molar-refractivity contribution >= 4 is 37.3 Å². The maximum atomic E-state index is 11.0. The van der Waals surface area contributed by atoms with Gasteiger partial charge in [-0.3, -0.25) is 0 Å². The van der Waals surface area contributed by atoms with E-state index in [2.05, 4.69) is 25.6 Å². The third-order valence-electron chi connectivity index (χ3n) is 1.25. The van der Waals surface area contributed by atoms with Gasteiger partial charge in [0.2, 0.25) is 10.0 Å². The number of aromatic nitrogens is 1. The summed E-state index contributed by atoms with van der Waals surface area (Å²) in [7, 11) is -3.18. The number of rotatable bonds is 4. The first-order chi connectivity index (χ1) is 6.03. The lowest BCUT2D eigenvalue weighted by atomic mass is 10.6. The first-order valence-electron chi connectivity index (χ1n) is 3.48. The Morgan fingerprint density at radius 3 is 2.85 bits per heavy atom. The average Bonchev–Trinajstić information content (AvgIpc) is 2.48. The van der Waals surface area contributed by atoms with Gasteiger partial charge in [-0.25, -0.2) is 18.1 Å². The van der Waals surface area contributed by atoms with Crippen LogP contribution in [0.5, 0.6) is 0 Å². The minimum Gasteiger partial charge on any atom is -0.245 e. The van der Waals surface area contributed by atoms with Gasteiger partial charge in [-0.1, -0.05) is 15.9 Å². The van der Waals surface area contributed by atoms with Gasteiger partial charge in [0.15, 0.2) is 0 Å². The van der Waals surface area contributed by atoms with Gasteiger partial charge in [-0.15, -0.1) is 11.3 Å². The molecule has 1 aromatic heterocycles. The molecule has 0 unspecified atom stereocenters. The first kappa shape index (κ1) is 11.1. The molecule has 4 nitrogen and oxygen atoms in total. The molecule has 0 aliphatic rings. The molecule has 0 saturated carbocycles. The maximum absolute atomic E-state index is 11.0. The van der Waals surface area contributed by atoms with Crippen molar-refractivity contribution in [3.8, 4) is 0 Å². The van der Waals surface area contributed by atoms with Crippen molar-refractivity contribution in [3.05, 3.63) is 16.1 Å². The largest absolute Gasteiger partial charge is 0.245 e. The van der Waals surface area contributed by atoms with Crippen molar-refractivity contribution in [3.63, 3.8) is 0 Å². The van der Waals surface area contributed by atoms with E-state index in [1.165, 1.54) is 11.3 Å². The molecule has 0 saturated heterocycles. The quantitative estimate of drug-likeness (QED) is 0.846. The van der Waals surface area contributed by atoms with Gasteiger partial charge in [-0.05, 0) is 6.92 Å². The molecule has 0 fully saturated rings. The minimum atomic E-state index is -3.18. The molecule has 0 atom stereocenters. The molecule has 1 heterocycles. The second-order valence-corrected chi connectivity index (χ2v) is 6.48. The number of aryl methyl sites for hydroxylation is 1. The fourth-order valence-electron chi connectivity index (χ4n) is 0.694. The summed E-state index contributed by atoms with van der Waals surface area (Å²) in [5.41, 5.74) is 0.915. The summed E-state index contributed by atoms with van der Waals surface area (Å²) in [6.45, 7) is 2.14. The molecule has 0 spiro atoms. The molecular formula is C6H9BrN2O2S2. The summed E-state index contributed by atoms with van der Waals surface area (Å²) in [6, 6.07) is 0. The van der Waals surface area contributed by atoms with E-state index in [0.29, 0.717) is 0 Å². The Balaban J connectivity index is 2.53. The molecule has 1 rings (SSSR count). The number of thiazole rings is 1. The van der Waals surface area contributed by atoms with Crippen LogP contribution < -0.4 is 4.72 Å². The van der Waals surface area contributed by atoms with Crippen LogP contribution in [0.25, 0.3) is 0 Å². The molecule has 7 heteroatoms. The van der Waals surface area contributed by atoms with Crippen molar-refractivity contribution in [1.29, 1.82) is 0 Å². The topological polar surface area (TPSA) is 59.1 Å². The maximum Gasteiger partial charge on any atom is 0.222 e. The standard InChI is InChI=1S/C6H9BrN2O2S2/c1-5-3-12-6(9-5)2-8-13(10,11)4-7/h3,8H,2,4H2,1H3. The third-order valence-corrected chi connectivity index (χ3v) is 4.90. The van der Waals surface area contributed by atoms with Gasteiger partial charge >= 0.3 is 0 Å². The Morgan fingerprint density at radius 1 is 1.69 bits per heavy atom. The summed E-state index contributed by atoms with van der Waals surface area (Å²) in [4.78, 5) is 4.12. The molecule has 13 heavy (non-hydrogen) atoms. The molecule has 1 aromatic rings. The van der Waals surface area contributed by atoms with Gasteiger partial charge < -0.3 is 0 Å². The Morgan fingerprint density at radius 2 is 2.38 bits per heavy atom. The number of nitrogens with one attached hydrogen (secondary N) is 1. The number of hydrogen-bond acceptors (Lipinski definition) is 4. The second kappa shape index (κ2) is 4.50. The van der Waals surface area contributed by atoms with E-state index in [1.54, 1.807) is 0 Å². The van der Waals surface area contributed by atoms with E-state index in [0.717, 1.165) is 10.7 Å². The predicted molar refractivity (Wildman–Crippen MR) is 56.4 cm³/mol. The average molecular weight is 285 g/mol. The zero-order chi connectivity index (χ0) is 9.90. The molecule has 0 aliphatic carbocycles. The fourth-order valence-corrected chi connectivity index (χ4v) is 2.42. The van der Waals surface area contributed by atoms with Crippen LogP contribution in [0.4, 0.5) is 0 Å². The number of alkyl halides is 1. The van der Waals surface area contributed by atoms with Crippen LogP contribution in [0.1, 0.15) is 10.7 Å².